The van der Waals surface area contributed by atoms with Gasteiger partial charge in [0.1, 0.15) is 17.0 Å². The highest BCUT2D eigenvalue weighted by Gasteiger charge is 2.16. The molecule has 2 rings (SSSR count). The molecule has 1 aromatic heterocycles. The molecule has 3 heteroatoms. The minimum Gasteiger partial charge on any atom is -0.467 e. The van der Waals surface area contributed by atoms with Crippen molar-refractivity contribution in [2.24, 2.45) is 0 Å². The quantitative estimate of drug-likeness (QED) is 0.702. The largest absolute Gasteiger partial charge is 0.467 e. The fourth-order valence-corrected chi connectivity index (χ4v) is 1.80. The number of aryl methyl sites for hydroxylation is 1. The van der Waals surface area contributed by atoms with Crippen molar-refractivity contribution in [1.82, 2.24) is 0 Å². The Labute approximate surface area is 92.5 Å². The highest BCUT2D eigenvalue weighted by Crippen LogP contribution is 2.31. The first-order valence-electron chi connectivity index (χ1n) is 4.62. The lowest BCUT2D eigenvalue weighted by atomic mass is 10.1. The number of furan rings is 1. The third-order valence-electron chi connectivity index (χ3n) is 2.29. The van der Waals surface area contributed by atoms with Gasteiger partial charge in [-0.1, -0.05) is 12.1 Å². The summed E-state index contributed by atoms with van der Waals surface area (Å²) >= 11 is 6.21. The molecule has 0 N–H and O–H groups in total. The summed E-state index contributed by atoms with van der Waals surface area (Å²) in [4.78, 5) is 0. The van der Waals surface area contributed by atoms with E-state index >= 15 is 0 Å². The Bertz CT molecular complexity index is 447. The summed E-state index contributed by atoms with van der Waals surface area (Å²) in [5.74, 6) is 0.446. The van der Waals surface area contributed by atoms with Gasteiger partial charge in [0.25, 0.3) is 0 Å². The van der Waals surface area contributed by atoms with E-state index in [0.29, 0.717) is 5.76 Å². The van der Waals surface area contributed by atoms with Gasteiger partial charge in [0.05, 0.1) is 6.26 Å². The first-order valence-corrected chi connectivity index (χ1v) is 5.05. The summed E-state index contributed by atoms with van der Waals surface area (Å²) in [6, 6.07) is 7.96. The Morgan fingerprint density at radius 1 is 1.20 bits per heavy atom. The van der Waals surface area contributed by atoms with E-state index in [4.69, 9.17) is 16.0 Å². The van der Waals surface area contributed by atoms with E-state index in [1.807, 2.05) is 13.0 Å². The van der Waals surface area contributed by atoms with E-state index in [-0.39, 0.29) is 11.2 Å². The van der Waals surface area contributed by atoms with Gasteiger partial charge in [-0.3, -0.25) is 0 Å². The maximum Gasteiger partial charge on any atom is 0.128 e. The number of benzene rings is 1. The molecule has 15 heavy (non-hydrogen) atoms. The van der Waals surface area contributed by atoms with Crippen LogP contribution in [0, 0.1) is 12.7 Å². The summed E-state index contributed by atoms with van der Waals surface area (Å²) in [5.41, 5.74) is 1.83. The van der Waals surface area contributed by atoms with Crippen LogP contribution >= 0.6 is 11.6 Å². The Balaban J connectivity index is 2.32. The van der Waals surface area contributed by atoms with E-state index in [1.54, 1.807) is 18.4 Å². The van der Waals surface area contributed by atoms with Crippen molar-refractivity contribution in [3.8, 4) is 0 Å². The van der Waals surface area contributed by atoms with Crippen LogP contribution in [0.2, 0.25) is 0 Å². The van der Waals surface area contributed by atoms with Crippen LogP contribution in [0.5, 0.6) is 0 Å². The van der Waals surface area contributed by atoms with Crippen molar-refractivity contribution >= 4 is 11.6 Å². The molecular formula is C12H10ClFO. The summed E-state index contributed by atoms with van der Waals surface area (Å²) in [6.07, 6.45) is 1.60. The van der Waals surface area contributed by atoms with Crippen LogP contribution in [0.15, 0.2) is 41.0 Å². The van der Waals surface area contributed by atoms with Crippen LogP contribution in [0.4, 0.5) is 4.39 Å². The zero-order valence-corrected chi connectivity index (χ0v) is 8.96. The molecule has 0 radical (unpaired) electrons. The number of alkyl halides is 1. The van der Waals surface area contributed by atoms with Gasteiger partial charge < -0.3 is 4.42 Å². The van der Waals surface area contributed by atoms with E-state index in [9.17, 15) is 4.39 Å². The lowest BCUT2D eigenvalue weighted by Gasteiger charge is -2.07. The van der Waals surface area contributed by atoms with Gasteiger partial charge in [0.2, 0.25) is 0 Å². The lowest BCUT2D eigenvalue weighted by molar-refractivity contribution is 0.513. The SMILES string of the molecule is Cc1ccoc1C(Cl)c1ccc(F)cc1. The Kier molecular flexibility index (Phi) is 2.78. The van der Waals surface area contributed by atoms with E-state index in [1.165, 1.54) is 12.1 Å². The topological polar surface area (TPSA) is 13.1 Å². The molecule has 0 bridgehead atoms. The summed E-state index contributed by atoms with van der Waals surface area (Å²) in [5, 5.41) is -0.361. The molecular weight excluding hydrogens is 215 g/mol. The Morgan fingerprint density at radius 2 is 1.87 bits per heavy atom. The minimum absolute atomic E-state index is 0.265. The first-order chi connectivity index (χ1) is 7.18. The number of hydrogen-bond acceptors (Lipinski definition) is 1. The predicted molar refractivity (Wildman–Crippen MR) is 57.5 cm³/mol. The minimum atomic E-state index is -0.361. The fraction of sp³-hybridized carbons (Fsp3) is 0.167. The average Bonchev–Trinajstić information content (AvgIpc) is 2.65. The van der Waals surface area contributed by atoms with Crippen LogP contribution in [0.3, 0.4) is 0 Å². The van der Waals surface area contributed by atoms with Crippen LogP contribution < -0.4 is 0 Å². The van der Waals surface area contributed by atoms with Gasteiger partial charge >= 0.3 is 0 Å². The van der Waals surface area contributed by atoms with Gasteiger partial charge in [-0.15, -0.1) is 11.6 Å². The number of rotatable bonds is 2. The van der Waals surface area contributed by atoms with Crippen LogP contribution in [-0.2, 0) is 0 Å². The van der Waals surface area contributed by atoms with Gasteiger partial charge in [-0.05, 0) is 36.2 Å². The average molecular weight is 225 g/mol. The molecule has 1 atom stereocenters. The molecule has 0 saturated carbocycles. The van der Waals surface area contributed by atoms with Crippen molar-refractivity contribution in [3.05, 3.63) is 59.3 Å². The highest BCUT2D eigenvalue weighted by atomic mass is 35.5. The molecule has 0 aliphatic carbocycles. The zero-order chi connectivity index (χ0) is 10.8. The molecule has 0 saturated heterocycles. The van der Waals surface area contributed by atoms with Crippen molar-refractivity contribution in [2.45, 2.75) is 12.3 Å². The van der Waals surface area contributed by atoms with Crippen LogP contribution in [0.25, 0.3) is 0 Å². The molecule has 1 nitrogen and oxygen atoms in total. The van der Waals surface area contributed by atoms with Gasteiger partial charge in [0, 0.05) is 0 Å². The maximum absolute atomic E-state index is 12.7. The predicted octanol–water partition coefficient (Wildman–Crippen LogP) is 4.06. The summed E-state index contributed by atoms with van der Waals surface area (Å²) in [7, 11) is 0. The summed E-state index contributed by atoms with van der Waals surface area (Å²) < 4.78 is 18.0. The standard InChI is InChI=1S/C12H10ClFO/c1-8-6-7-15-12(8)11(13)9-2-4-10(14)5-3-9/h2-7,11H,1H3. The van der Waals surface area contributed by atoms with Crippen LogP contribution in [-0.4, -0.2) is 0 Å². The maximum atomic E-state index is 12.7. The van der Waals surface area contributed by atoms with E-state index < -0.39 is 0 Å². The molecule has 78 valence electrons. The fourth-order valence-electron chi connectivity index (χ4n) is 1.43. The van der Waals surface area contributed by atoms with Crippen molar-refractivity contribution in [3.63, 3.8) is 0 Å². The molecule has 0 aliphatic heterocycles. The second-order valence-electron chi connectivity index (χ2n) is 3.38. The van der Waals surface area contributed by atoms with Gasteiger partial charge in [0.15, 0.2) is 0 Å². The van der Waals surface area contributed by atoms with Crippen molar-refractivity contribution in [2.75, 3.05) is 0 Å². The molecule has 1 aromatic carbocycles. The normalized spacial score (nSPS) is 12.7. The smallest absolute Gasteiger partial charge is 0.128 e. The second kappa shape index (κ2) is 4.07. The second-order valence-corrected chi connectivity index (χ2v) is 3.82. The third kappa shape index (κ3) is 2.05. The molecule has 1 heterocycles. The zero-order valence-electron chi connectivity index (χ0n) is 8.21. The Hall–Kier alpha value is -1.28. The molecule has 0 fully saturated rings. The molecule has 2 aromatic rings. The Morgan fingerprint density at radius 3 is 2.40 bits per heavy atom. The molecule has 0 spiro atoms. The van der Waals surface area contributed by atoms with E-state index in [2.05, 4.69) is 0 Å². The highest BCUT2D eigenvalue weighted by molar-refractivity contribution is 6.22. The lowest BCUT2D eigenvalue weighted by Crippen LogP contribution is -1.93. The number of halogens is 2. The number of hydrogen-bond donors (Lipinski definition) is 0. The van der Waals surface area contributed by atoms with Gasteiger partial charge in [-0.2, -0.15) is 0 Å². The monoisotopic (exact) mass is 224 g/mol. The molecule has 0 aliphatic rings. The van der Waals surface area contributed by atoms with E-state index in [0.717, 1.165) is 11.1 Å². The molecule has 0 amide bonds. The van der Waals surface area contributed by atoms with Crippen LogP contribution in [0.1, 0.15) is 22.3 Å². The van der Waals surface area contributed by atoms with Gasteiger partial charge in [-0.25, -0.2) is 4.39 Å². The first kappa shape index (κ1) is 10.2. The molecule has 1 unspecified atom stereocenters. The third-order valence-corrected chi connectivity index (χ3v) is 2.74. The van der Waals surface area contributed by atoms with Crippen molar-refractivity contribution in [1.29, 1.82) is 0 Å². The summed E-state index contributed by atoms with van der Waals surface area (Å²) in [6.45, 7) is 1.93. The van der Waals surface area contributed by atoms with Crippen molar-refractivity contribution < 1.29 is 8.81 Å².